The summed E-state index contributed by atoms with van der Waals surface area (Å²) < 4.78 is 2.32. The molecule has 154 valence electrons. The van der Waals surface area contributed by atoms with Crippen LogP contribution >= 0.6 is 12.2 Å². The van der Waals surface area contributed by atoms with Gasteiger partial charge in [0.2, 0.25) is 0 Å². The Morgan fingerprint density at radius 2 is 1.61 bits per heavy atom. The predicted molar refractivity (Wildman–Crippen MR) is 130 cm³/mol. The van der Waals surface area contributed by atoms with Gasteiger partial charge in [-0.1, -0.05) is 36.4 Å². The van der Waals surface area contributed by atoms with Crippen LogP contribution in [0.4, 0.5) is 5.69 Å². The molecule has 1 saturated heterocycles. The zero-order valence-corrected chi connectivity index (χ0v) is 18.4. The summed E-state index contributed by atoms with van der Waals surface area (Å²) in [5, 5.41) is 4.27. The van der Waals surface area contributed by atoms with Crippen LogP contribution in [0.1, 0.15) is 34.7 Å². The minimum atomic E-state index is -0.0639. The topological polar surface area (TPSA) is 33.1 Å². The van der Waals surface area contributed by atoms with Gasteiger partial charge in [0.05, 0.1) is 11.7 Å². The summed E-state index contributed by atoms with van der Waals surface area (Å²) in [5.41, 5.74) is 6.76. The van der Waals surface area contributed by atoms with Crippen molar-refractivity contribution in [1.82, 2.24) is 14.9 Å². The molecule has 0 saturated carbocycles. The van der Waals surface area contributed by atoms with Gasteiger partial charge >= 0.3 is 0 Å². The molecule has 4 aromatic rings. The molecule has 2 atom stereocenters. The van der Waals surface area contributed by atoms with Gasteiger partial charge in [0.15, 0.2) is 5.11 Å². The number of aryl methyl sites for hydroxylation is 2. The third-order valence-electron chi connectivity index (χ3n) is 5.80. The molecule has 0 amide bonds. The lowest BCUT2D eigenvalue weighted by Crippen LogP contribution is -2.30. The van der Waals surface area contributed by atoms with E-state index in [1.807, 2.05) is 24.4 Å². The SMILES string of the molecule is Cc1cccc(N2C(=S)NC(c3ccccn3)C2c2ccc(C)n2-c2ccccc2)c1. The third-order valence-corrected chi connectivity index (χ3v) is 6.12. The predicted octanol–water partition coefficient (Wildman–Crippen LogP) is 5.67. The van der Waals surface area contributed by atoms with Crippen LogP contribution in [0.15, 0.2) is 91.1 Å². The van der Waals surface area contributed by atoms with Gasteiger partial charge < -0.3 is 14.8 Å². The third kappa shape index (κ3) is 3.51. The summed E-state index contributed by atoms with van der Waals surface area (Å²) in [6.07, 6.45) is 1.84. The number of hydrogen-bond donors (Lipinski definition) is 1. The molecule has 2 aromatic heterocycles. The van der Waals surface area contributed by atoms with E-state index in [1.54, 1.807) is 0 Å². The van der Waals surface area contributed by atoms with Gasteiger partial charge in [-0.15, -0.1) is 0 Å². The number of anilines is 1. The fraction of sp³-hybridized carbons (Fsp3) is 0.154. The second kappa shape index (κ2) is 8.00. The molecule has 0 aliphatic carbocycles. The second-order valence-corrected chi connectivity index (χ2v) is 8.29. The molecule has 31 heavy (non-hydrogen) atoms. The Kier molecular flexibility index (Phi) is 5.04. The molecule has 1 aliphatic rings. The number of pyridine rings is 1. The van der Waals surface area contributed by atoms with Crippen LogP contribution in [0, 0.1) is 13.8 Å². The Hall–Kier alpha value is -3.44. The average Bonchev–Trinajstić information content (AvgIpc) is 3.34. The zero-order valence-electron chi connectivity index (χ0n) is 17.6. The van der Waals surface area contributed by atoms with Crippen molar-refractivity contribution in [3.8, 4) is 5.69 Å². The van der Waals surface area contributed by atoms with Crippen molar-refractivity contribution >= 4 is 23.0 Å². The van der Waals surface area contributed by atoms with Gasteiger partial charge in [0.1, 0.15) is 6.04 Å². The van der Waals surface area contributed by atoms with Crippen molar-refractivity contribution < 1.29 is 0 Å². The standard InChI is InChI=1S/C26H24N4S/c1-18-9-8-12-21(17-18)30-25(24(28-26(30)31)22-13-6-7-16-27-22)23-15-14-19(2)29(23)20-10-4-3-5-11-20/h3-17,24-25H,1-2H3,(H,28,31). The van der Waals surface area contributed by atoms with Gasteiger partial charge in [-0.2, -0.15) is 0 Å². The number of nitrogens with one attached hydrogen (secondary N) is 1. The number of para-hydroxylation sites is 1. The van der Waals surface area contributed by atoms with E-state index in [0.717, 1.165) is 17.1 Å². The van der Waals surface area contributed by atoms with Crippen molar-refractivity contribution in [2.24, 2.45) is 0 Å². The molecule has 1 aliphatic heterocycles. The first kappa shape index (κ1) is 19.5. The van der Waals surface area contributed by atoms with Crippen molar-refractivity contribution in [2.45, 2.75) is 25.9 Å². The van der Waals surface area contributed by atoms with Crippen LogP contribution in [-0.4, -0.2) is 14.7 Å². The number of rotatable bonds is 4. The van der Waals surface area contributed by atoms with Crippen LogP contribution in [0.2, 0.25) is 0 Å². The molecule has 5 heteroatoms. The number of thiocarbonyl (C=S) groups is 1. The van der Waals surface area contributed by atoms with Crippen molar-refractivity contribution in [1.29, 1.82) is 0 Å². The van der Waals surface area contributed by atoms with Gasteiger partial charge in [-0.3, -0.25) is 4.98 Å². The molecule has 0 spiro atoms. The molecule has 3 heterocycles. The highest BCUT2D eigenvalue weighted by Crippen LogP contribution is 2.42. The maximum atomic E-state index is 5.86. The molecule has 1 N–H and O–H groups in total. The Balaban J connectivity index is 1.71. The van der Waals surface area contributed by atoms with Gasteiger partial charge in [0.25, 0.3) is 0 Å². The van der Waals surface area contributed by atoms with E-state index in [-0.39, 0.29) is 12.1 Å². The highest BCUT2D eigenvalue weighted by Gasteiger charge is 2.42. The van der Waals surface area contributed by atoms with E-state index in [2.05, 4.69) is 100 Å². The Labute approximate surface area is 188 Å². The highest BCUT2D eigenvalue weighted by atomic mass is 32.1. The van der Waals surface area contributed by atoms with Gasteiger partial charge in [-0.05, 0) is 80.2 Å². The lowest BCUT2D eigenvalue weighted by molar-refractivity contribution is 0.548. The molecule has 5 rings (SSSR count). The number of nitrogens with zero attached hydrogens (tertiary/aromatic N) is 3. The second-order valence-electron chi connectivity index (χ2n) is 7.91. The normalized spacial score (nSPS) is 18.3. The lowest BCUT2D eigenvalue weighted by Gasteiger charge is -2.29. The molecule has 1 fully saturated rings. The Bertz CT molecular complexity index is 1220. The fourth-order valence-corrected chi connectivity index (χ4v) is 4.78. The summed E-state index contributed by atoms with van der Waals surface area (Å²) >= 11 is 5.86. The first-order valence-corrected chi connectivity index (χ1v) is 10.9. The van der Waals surface area contributed by atoms with Crippen LogP contribution in [0.5, 0.6) is 0 Å². The van der Waals surface area contributed by atoms with Crippen molar-refractivity contribution in [3.63, 3.8) is 0 Å². The van der Waals surface area contributed by atoms with E-state index in [4.69, 9.17) is 12.2 Å². The summed E-state index contributed by atoms with van der Waals surface area (Å²) in [6, 6.07) is 29.3. The molecule has 4 nitrogen and oxygen atoms in total. The van der Waals surface area contributed by atoms with Crippen LogP contribution in [-0.2, 0) is 0 Å². The van der Waals surface area contributed by atoms with Crippen LogP contribution < -0.4 is 10.2 Å². The number of benzene rings is 2. The minimum Gasteiger partial charge on any atom is -0.351 e. The highest BCUT2D eigenvalue weighted by molar-refractivity contribution is 7.80. The van der Waals surface area contributed by atoms with E-state index >= 15 is 0 Å². The summed E-state index contributed by atoms with van der Waals surface area (Å²) in [5.74, 6) is 0. The summed E-state index contributed by atoms with van der Waals surface area (Å²) in [4.78, 5) is 6.90. The van der Waals surface area contributed by atoms with Crippen LogP contribution in [0.3, 0.4) is 0 Å². The van der Waals surface area contributed by atoms with Crippen LogP contribution in [0.25, 0.3) is 5.69 Å². The molecule has 2 unspecified atom stereocenters. The smallest absolute Gasteiger partial charge is 0.174 e. The van der Waals surface area contributed by atoms with Crippen molar-refractivity contribution in [2.75, 3.05) is 4.90 Å². The van der Waals surface area contributed by atoms with E-state index in [1.165, 1.54) is 17.0 Å². The quantitative estimate of drug-likeness (QED) is 0.428. The molecular formula is C26H24N4S. The maximum Gasteiger partial charge on any atom is 0.174 e. The van der Waals surface area contributed by atoms with Gasteiger partial charge in [-0.25, -0.2) is 0 Å². The largest absolute Gasteiger partial charge is 0.351 e. The number of hydrogen-bond acceptors (Lipinski definition) is 2. The molecule has 2 aromatic carbocycles. The summed E-state index contributed by atoms with van der Waals surface area (Å²) in [7, 11) is 0. The average molecular weight is 425 g/mol. The monoisotopic (exact) mass is 424 g/mol. The minimum absolute atomic E-state index is 0.0434. The Morgan fingerprint density at radius 1 is 0.839 bits per heavy atom. The molecule has 0 bridgehead atoms. The molecule has 0 radical (unpaired) electrons. The van der Waals surface area contributed by atoms with E-state index < -0.39 is 0 Å². The number of aromatic nitrogens is 2. The maximum absolute atomic E-state index is 5.86. The first-order valence-electron chi connectivity index (χ1n) is 10.4. The fourth-order valence-electron chi connectivity index (χ4n) is 4.43. The van der Waals surface area contributed by atoms with E-state index in [9.17, 15) is 0 Å². The summed E-state index contributed by atoms with van der Waals surface area (Å²) in [6.45, 7) is 4.25. The molecular weight excluding hydrogens is 400 g/mol. The lowest BCUT2D eigenvalue weighted by atomic mass is 10.0. The first-order chi connectivity index (χ1) is 15.1. The van der Waals surface area contributed by atoms with Gasteiger partial charge in [0, 0.05) is 29.0 Å². The zero-order chi connectivity index (χ0) is 21.4. The Morgan fingerprint density at radius 3 is 2.35 bits per heavy atom. The van der Waals surface area contributed by atoms with E-state index in [0.29, 0.717) is 5.11 Å². The van der Waals surface area contributed by atoms with Crippen molar-refractivity contribution in [3.05, 3.63) is 114 Å².